The van der Waals surface area contributed by atoms with Crippen LogP contribution in [0.3, 0.4) is 0 Å². The Hall–Kier alpha value is -3.38. The lowest BCUT2D eigenvalue weighted by Gasteiger charge is -2.32. The highest BCUT2D eigenvalue weighted by molar-refractivity contribution is 6.32. The number of hydrogen-bond donors (Lipinski definition) is 1. The molecule has 0 saturated carbocycles. The van der Waals surface area contributed by atoms with Gasteiger partial charge in [0.25, 0.3) is 5.91 Å². The fraction of sp³-hybridized carbons (Fsp3) is 0.310. The molecule has 0 aliphatic rings. The predicted octanol–water partition coefficient (Wildman–Crippen LogP) is 5.64. The second-order valence-corrected chi connectivity index (χ2v) is 9.55. The van der Waals surface area contributed by atoms with Crippen molar-refractivity contribution in [2.24, 2.45) is 0 Å². The number of ether oxygens (including phenoxy) is 1. The Balaban J connectivity index is 1.91. The van der Waals surface area contributed by atoms with Crippen LogP contribution >= 0.6 is 11.6 Å². The number of carbonyl (C=O) groups is 2. The maximum absolute atomic E-state index is 13.6. The molecule has 0 fully saturated rings. The van der Waals surface area contributed by atoms with E-state index in [9.17, 15) is 14.0 Å². The van der Waals surface area contributed by atoms with Crippen LogP contribution in [0.4, 0.5) is 4.39 Å². The van der Waals surface area contributed by atoms with Crippen LogP contribution in [-0.2, 0) is 22.6 Å². The first kappa shape index (κ1) is 27.2. The van der Waals surface area contributed by atoms with E-state index in [0.717, 1.165) is 16.7 Å². The highest BCUT2D eigenvalue weighted by Crippen LogP contribution is 2.26. The van der Waals surface area contributed by atoms with E-state index >= 15 is 0 Å². The van der Waals surface area contributed by atoms with E-state index in [-0.39, 0.29) is 36.8 Å². The molecule has 0 saturated heterocycles. The maximum Gasteiger partial charge on any atom is 0.261 e. The molecule has 0 bridgehead atoms. The molecule has 190 valence electrons. The van der Waals surface area contributed by atoms with Gasteiger partial charge in [-0.25, -0.2) is 4.39 Å². The van der Waals surface area contributed by atoms with Crippen molar-refractivity contribution in [2.75, 3.05) is 6.61 Å². The summed E-state index contributed by atoms with van der Waals surface area (Å²) in [5.74, 6) is -0.463. The van der Waals surface area contributed by atoms with Crippen LogP contribution in [0.25, 0.3) is 0 Å². The van der Waals surface area contributed by atoms with Crippen LogP contribution in [-0.4, -0.2) is 35.4 Å². The first-order valence-corrected chi connectivity index (χ1v) is 12.3. The number of halogens is 2. The Morgan fingerprint density at radius 3 is 2.17 bits per heavy atom. The van der Waals surface area contributed by atoms with Crippen LogP contribution in [0.15, 0.2) is 66.7 Å². The molecule has 0 aliphatic heterocycles. The molecule has 3 aromatic carbocycles. The van der Waals surface area contributed by atoms with Crippen LogP contribution in [0.1, 0.15) is 36.1 Å². The summed E-state index contributed by atoms with van der Waals surface area (Å²) in [4.78, 5) is 28.4. The van der Waals surface area contributed by atoms with E-state index in [2.05, 4.69) is 5.32 Å². The minimum absolute atomic E-state index is 0.102. The fourth-order valence-electron chi connectivity index (χ4n) is 3.94. The topological polar surface area (TPSA) is 58.6 Å². The summed E-state index contributed by atoms with van der Waals surface area (Å²) < 4.78 is 19.4. The third kappa shape index (κ3) is 7.56. The second kappa shape index (κ2) is 12.5. The van der Waals surface area contributed by atoms with Crippen LogP contribution < -0.4 is 10.1 Å². The maximum atomic E-state index is 13.6. The lowest BCUT2D eigenvalue weighted by Crippen LogP contribution is -2.52. The second-order valence-electron chi connectivity index (χ2n) is 9.18. The van der Waals surface area contributed by atoms with Gasteiger partial charge in [-0.15, -0.1) is 0 Å². The number of carbonyl (C=O) groups excluding carboxylic acids is 2. The van der Waals surface area contributed by atoms with E-state index in [1.54, 1.807) is 24.3 Å². The highest BCUT2D eigenvalue weighted by atomic mass is 35.5. The van der Waals surface area contributed by atoms with E-state index in [0.29, 0.717) is 22.8 Å². The summed E-state index contributed by atoms with van der Waals surface area (Å²) in [6, 6.07) is 18.1. The molecule has 36 heavy (non-hydrogen) atoms. The summed E-state index contributed by atoms with van der Waals surface area (Å²) in [6.07, 6.45) is 0.325. The molecule has 0 unspecified atom stereocenters. The largest absolute Gasteiger partial charge is 0.484 e. The molecular formula is C29H32ClFN2O3. The average Bonchev–Trinajstić information content (AvgIpc) is 2.84. The molecule has 0 heterocycles. The molecule has 3 rings (SSSR count). The Labute approximate surface area is 217 Å². The minimum Gasteiger partial charge on any atom is -0.484 e. The minimum atomic E-state index is -0.787. The molecule has 3 aromatic rings. The van der Waals surface area contributed by atoms with Crippen molar-refractivity contribution in [3.63, 3.8) is 0 Å². The van der Waals surface area contributed by atoms with E-state index in [1.165, 1.54) is 17.0 Å². The van der Waals surface area contributed by atoms with E-state index in [4.69, 9.17) is 16.3 Å². The van der Waals surface area contributed by atoms with Gasteiger partial charge in [-0.2, -0.15) is 0 Å². The normalized spacial score (nSPS) is 11.8. The van der Waals surface area contributed by atoms with Gasteiger partial charge in [0.05, 0.1) is 0 Å². The molecule has 7 heteroatoms. The highest BCUT2D eigenvalue weighted by Gasteiger charge is 2.31. The Morgan fingerprint density at radius 2 is 1.58 bits per heavy atom. The van der Waals surface area contributed by atoms with Gasteiger partial charge in [-0.1, -0.05) is 54.1 Å². The van der Waals surface area contributed by atoms with Gasteiger partial charge < -0.3 is 15.0 Å². The number of hydrogen-bond acceptors (Lipinski definition) is 3. The van der Waals surface area contributed by atoms with Crippen molar-refractivity contribution in [1.82, 2.24) is 10.2 Å². The third-order valence-electron chi connectivity index (χ3n) is 5.74. The summed E-state index contributed by atoms with van der Waals surface area (Å²) >= 11 is 6.26. The molecule has 5 nitrogen and oxygen atoms in total. The van der Waals surface area contributed by atoms with Crippen molar-refractivity contribution in [3.8, 4) is 5.75 Å². The molecule has 0 spiro atoms. The van der Waals surface area contributed by atoms with Crippen LogP contribution in [0, 0.1) is 19.7 Å². The summed E-state index contributed by atoms with van der Waals surface area (Å²) in [5.41, 5.74) is 3.32. The number of rotatable bonds is 10. The van der Waals surface area contributed by atoms with Crippen molar-refractivity contribution in [3.05, 3.63) is 99.8 Å². The molecule has 1 N–H and O–H groups in total. The van der Waals surface area contributed by atoms with E-state index in [1.807, 2.05) is 58.0 Å². The van der Waals surface area contributed by atoms with Gasteiger partial charge in [0.2, 0.25) is 5.91 Å². The van der Waals surface area contributed by atoms with Crippen LogP contribution in [0.2, 0.25) is 5.02 Å². The standard InChI is InChI=1S/C29H32ClFN2O3/c1-19(2)32-29(35)26(16-22-8-6-5-7-9-22)33(17-23-10-12-24(31)13-11-23)27(34)18-36-25-14-20(3)28(30)21(4)15-25/h5-15,19,26H,16-18H2,1-4H3,(H,32,35)/t26-/m0/s1. The quantitative estimate of drug-likeness (QED) is 0.384. The van der Waals surface area contributed by atoms with Crippen molar-refractivity contribution < 1.29 is 18.7 Å². The van der Waals surface area contributed by atoms with Gasteiger partial charge in [0.15, 0.2) is 6.61 Å². The zero-order valence-electron chi connectivity index (χ0n) is 21.1. The molecule has 0 aromatic heterocycles. The van der Waals surface area contributed by atoms with Gasteiger partial charge in [-0.3, -0.25) is 9.59 Å². The van der Waals surface area contributed by atoms with Crippen molar-refractivity contribution in [2.45, 2.75) is 52.7 Å². The molecule has 2 amide bonds. The SMILES string of the molecule is Cc1cc(OCC(=O)N(Cc2ccc(F)cc2)[C@@H](Cc2ccccc2)C(=O)NC(C)C)cc(C)c1Cl. The Kier molecular flexibility index (Phi) is 9.48. The molecule has 0 radical (unpaired) electrons. The number of amides is 2. The van der Waals surface area contributed by atoms with E-state index < -0.39 is 6.04 Å². The average molecular weight is 511 g/mol. The fourth-order valence-corrected chi connectivity index (χ4v) is 4.05. The Bertz CT molecular complexity index is 1160. The van der Waals surface area contributed by atoms with Crippen LogP contribution in [0.5, 0.6) is 5.75 Å². The van der Waals surface area contributed by atoms with Gasteiger partial charge in [0, 0.05) is 24.0 Å². The summed E-state index contributed by atoms with van der Waals surface area (Å²) in [7, 11) is 0. The number of aryl methyl sites for hydroxylation is 2. The monoisotopic (exact) mass is 510 g/mol. The van der Waals surface area contributed by atoms with Gasteiger partial charge >= 0.3 is 0 Å². The zero-order chi connectivity index (χ0) is 26.2. The molecule has 1 atom stereocenters. The number of benzene rings is 3. The Morgan fingerprint density at radius 1 is 0.972 bits per heavy atom. The number of nitrogens with one attached hydrogen (secondary N) is 1. The van der Waals surface area contributed by atoms with Gasteiger partial charge in [0.1, 0.15) is 17.6 Å². The predicted molar refractivity (Wildman–Crippen MR) is 141 cm³/mol. The van der Waals surface area contributed by atoms with Gasteiger partial charge in [-0.05, 0) is 74.2 Å². The van der Waals surface area contributed by atoms with Crippen molar-refractivity contribution >= 4 is 23.4 Å². The third-order valence-corrected chi connectivity index (χ3v) is 6.34. The summed E-state index contributed by atoms with van der Waals surface area (Å²) in [5, 5.41) is 3.59. The lowest BCUT2D eigenvalue weighted by atomic mass is 10.0. The van der Waals surface area contributed by atoms with Crippen molar-refractivity contribution in [1.29, 1.82) is 0 Å². The lowest BCUT2D eigenvalue weighted by molar-refractivity contribution is -0.143. The first-order valence-electron chi connectivity index (χ1n) is 11.9. The number of nitrogens with zero attached hydrogens (tertiary/aromatic N) is 1. The first-order chi connectivity index (χ1) is 17.1. The summed E-state index contributed by atoms with van der Waals surface area (Å²) in [6.45, 7) is 7.36. The molecular weight excluding hydrogens is 479 g/mol. The smallest absolute Gasteiger partial charge is 0.261 e. The molecule has 0 aliphatic carbocycles. The zero-order valence-corrected chi connectivity index (χ0v) is 21.8.